The standard InChI is InChI=1S/C12H10N4O3S/c13-12(17)16-20(18,19)11-10-8(5-6-14-11)7-3-1-2-4-9(7)15-10/h1-6,15H,(H3,13,16,17). The van der Waals surface area contributed by atoms with Gasteiger partial charge in [0.15, 0.2) is 5.03 Å². The van der Waals surface area contributed by atoms with Gasteiger partial charge in [-0.15, -0.1) is 0 Å². The number of hydrogen-bond acceptors (Lipinski definition) is 4. The first-order valence-electron chi connectivity index (χ1n) is 5.67. The summed E-state index contributed by atoms with van der Waals surface area (Å²) in [5, 5.41) is 1.32. The molecule has 3 aromatic rings. The average Bonchev–Trinajstić information content (AvgIpc) is 2.75. The van der Waals surface area contributed by atoms with Crippen LogP contribution >= 0.6 is 0 Å². The Bertz CT molecular complexity index is 930. The van der Waals surface area contributed by atoms with Crippen molar-refractivity contribution in [1.82, 2.24) is 14.7 Å². The highest BCUT2D eigenvalue weighted by Gasteiger charge is 2.22. The van der Waals surface area contributed by atoms with E-state index in [1.54, 1.807) is 10.8 Å². The molecule has 0 aliphatic heterocycles. The number of pyridine rings is 1. The first-order valence-corrected chi connectivity index (χ1v) is 7.15. The van der Waals surface area contributed by atoms with Crippen molar-refractivity contribution < 1.29 is 13.2 Å². The van der Waals surface area contributed by atoms with E-state index >= 15 is 0 Å². The number of H-pyrrole nitrogens is 1. The van der Waals surface area contributed by atoms with Gasteiger partial charge in [-0.1, -0.05) is 18.2 Å². The maximum absolute atomic E-state index is 12.0. The molecule has 0 atom stereocenters. The van der Waals surface area contributed by atoms with Gasteiger partial charge in [-0.3, -0.25) is 0 Å². The lowest BCUT2D eigenvalue weighted by atomic mass is 10.2. The van der Waals surface area contributed by atoms with Crippen molar-refractivity contribution in [2.75, 3.05) is 0 Å². The van der Waals surface area contributed by atoms with Gasteiger partial charge in [-0.25, -0.2) is 14.5 Å². The van der Waals surface area contributed by atoms with Crippen LogP contribution in [0.5, 0.6) is 0 Å². The van der Waals surface area contributed by atoms with Crippen LogP contribution in [0.25, 0.3) is 21.8 Å². The van der Waals surface area contributed by atoms with Crippen molar-refractivity contribution in [3.63, 3.8) is 0 Å². The predicted molar refractivity (Wildman–Crippen MR) is 73.5 cm³/mol. The Labute approximate surface area is 113 Å². The van der Waals surface area contributed by atoms with Crippen LogP contribution in [-0.2, 0) is 10.0 Å². The van der Waals surface area contributed by atoms with Gasteiger partial charge in [0.1, 0.15) is 0 Å². The van der Waals surface area contributed by atoms with E-state index in [1.807, 2.05) is 24.3 Å². The molecule has 0 spiro atoms. The third-order valence-electron chi connectivity index (χ3n) is 2.88. The Balaban J connectivity index is 2.35. The van der Waals surface area contributed by atoms with Gasteiger partial charge < -0.3 is 10.7 Å². The molecule has 102 valence electrons. The summed E-state index contributed by atoms with van der Waals surface area (Å²) >= 11 is 0. The van der Waals surface area contributed by atoms with Gasteiger partial charge in [0.2, 0.25) is 0 Å². The largest absolute Gasteiger partial charge is 0.352 e. The number of nitrogens with zero attached hydrogens (tertiary/aromatic N) is 1. The Morgan fingerprint density at radius 2 is 1.95 bits per heavy atom. The minimum atomic E-state index is -4.10. The molecule has 0 aliphatic rings. The number of carbonyl (C=O) groups is 1. The summed E-state index contributed by atoms with van der Waals surface area (Å²) in [7, 11) is -4.10. The van der Waals surface area contributed by atoms with Gasteiger partial charge in [0.25, 0.3) is 10.0 Å². The number of urea groups is 1. The summed E-state index contributed by atoms with van der Waals surface area (Å²) in [6, 6.07) is 7.93. The van der Waals surface area contributed by atoms with E-state index in [0.717, 1.165) is 10.9 Å². The van der Waals surface area contributed by atoms with E-state index in [-0.39, 0.29) is 5.03 Å². The summed E-state index contributed by atoms with van der Waals surface area (Å²) in [5.41, 5.74) is 5.99. The van der Waals surface area contributed by atoms with Crippen molar-refractivity contribution in [3.8, 4) is 0 Å². The lowest BCUT2D eigenvalue weighted by Crippen LogP contribution is -2.35. The fraction of sp³-hybridized carbons (Fsp3) is 0. The highest BCUT2D eigenvalue weighted by atomic mass is 32.2. The van der Waals surface area contributed by atoms with Crippen molar-refractivity contribution >= 4 is 37.9 Å². The van der Waals surface area contributed by atoms with Crippen molar-refractivity contribution in [2.24, 2.45) is 5.73 Å². The summed E-state index contributed by atoms with van der Waals surface area (Å²) in [4.78, 5) is 17.6. The van der Waals surface area contributed by atoms with E-state index in [4.69, 9.17) is 5.73 Å². The van der Waals surface area contributed by atoms with Gasteiger partial charge in [0.05, 0.1) is 5.52 Å². The van der Waals surface area contributed by atoms with Gasteiger partial charge in [-0.2, -0.15) is 8.42 Å². The third kappa shape index (κ3) is 1.86. The van der Waals surface area contributed by atoms with Crippen molar-refractivity contribution in [1.29, 1.82) is 0 Å². The number of aromatic amines is 1. The molecule has 2 amide bonds. The maximum atomic E-state index is 12.0. The smallest absolute Gasteiger partial charge is 0.326 e. The van der Waals surface area contributed by atoms with Crippen LogP contribution in [0.4, 0.5) is 4.79 Å². The van der Waals surface area contributed by atoms with Crippen LogP contribution in [0.3, 0.4) is 0 Å². The molecule has 0 bridgehead atoms. The number of sulfonamides is 1. The normalized spacial score (nSPS) is 11.8. The molecular weight excluding hydrogens is 280 g/mol. The molecular formula is C12H10N4O3S. The van der Waals surface area contributed by atoms with Crippen molar-refractivity contribution in [2.45, 2.75) is 5.03 Å². The van der Waals surface area contributed by atoms with Crippen LogP contribution in [0, 0.1) is 0 Å². The minimum Gasteiger partial charge on any atom is -0.352 e. The molecule has 20 heavy (non-hydrogen) atoms. The van der Waals surface area contributed by atoms with Crippen LogP contribution in [0.2, 0.25) is 0 Å². The number of primary amides is 1. The first kappa shape index (κ1) is 12.4. The highest BCUT2D eigenvalue weighted by molar-refractivity contribution is 7.90. The quantitative estimate of drug-likeness (QED) is 0.654. The van der Waals surface area contributed by atoms with Crippen LogP contribution in [0.15, 0.2) is 41.6 Å². The number of nitrogens with one attached hydrogen (secondary N) is 2. The molecule has 1 aromatic carbocycles. The topological polar surface area (TPSA) is 118 Å². The van der Waals surface area contributed by atoms with Crippen LogP contribution < -0.4 is 10.5 Å². The van der Waals surface area contributed by atoms with E-state index < -0.39 is 16.1 Å². The Morgan fingerprint density at radius 3 is 2.70 bits per heavy atom. The number of rotatable bonds is 2. The van der Waals surface area contributed by atoms with Crippen molar-refractivity contribution in [3.05, 3.63) is 36.5 Å². The lowest BCUT2D eigenvalue weighted by Gasteiger charge is -2.04. The second kappa shape index (κ2) is 4.20. The zero-order chi connectivity index (χ0) is 14.3. The minimum absolute atomic E-state index is 0.259. The Kier molecular flexibility index (Phi) is 2.61. The molecule has 7 nitrogen and oxygen atoms in total. The number of amides is 2. The molecule has 0 saturated carbocycles. The van der Waals surface area contributed by atoms with Gasteiger partial charge in [-0.05, 0) is 12.1 Å². The van der Waals surface area contributed by atoms with Crippen LogP contribution in [0.1, 0.15) is 0 Å². The number of benzene rings is 1. The molecule has 0 aliphatic carbocycles. The molecule has 2 aromatic heterocycles. The zero-order valence-electron chi connectivity index (χ0n) is 10.1. The van der Waals surface area contributed by atoms with Gasteiger partial charge >= 0.3 is 6.03 Å². The number of para-hydroxylation sites is 1. The third-order valence-corrected chi connectivity index (χ3v) is 4.17. The molecule has 4 N–H and O–H groups in total. The van der Waals surface area contributed by atoms with Gasteiger partial charge in [0, 0.05) is 22.5 Å². The second-order valence-corrected chi connectivity index (χ2v) is 5.78. The number of fused-ring (bicyclic) bond motifs is 3. The fourth-order valence-corrected chi connectivity index (χ4v) is 3.12. The van der Waals surface area contributed by atoms with E-state index in [2.05, 4.69) is 9.97 Å². The number of aromatic nitrogens is 2. The van der Waals surface area contributed by atoms with E-state index in [1.165, 1.54) is 6.20 Å². The SMILES string of the molecule is NC(=O)NS(=O)(=O)c1nccc2c1[nH]c1ccccc12. The highest BCUT2D eigenvalue weighted by Crippen LogP contribution is 2.28. The molecule has 2 heterocycles. The number of hydrogen-bond donors (Lipinski definition) is 3. The maximum Gasteiger partial charge on any atom is 0.326 e. The second-order valence-electron chi connectivity index (χ2n) is 4.18. The summed E-state index contributed by atoms with van der Waals surface area (Å²) in [6.45, 7) is 0. The molecule has 0 fully saturated rings. The Hall–Kier alpha value is -2.61. The summed E-state index contributed by atoms with van der Waals surface area (Å²) < 4.78 is 25.8. The number of nitrogens with two attached hydrogens (primary N) is 1. The summed E-state index contributed by atoms with van der Waals surface area (Å²) in [5.74, 6) is 0. The fourth-order valence-electron chi connectivity index (χ4n) is 2.13. The summed E-state index contributed by atoms with van der Waals surface area (Å²) in [6.07, 6.45) is 1.37. The Morgan fingerprint density at radius 1 is 1.20 bits per heavy atom. The first-order chi connectivity index (χ1) is 9.49. The molecule has 3 rings (SSSR count). The molecule has 0 unspecified atom stereocenters. The molecule has 0 saturated heterocycles. The molecule has 0 radical (unpaired) electrons. The molecule has 8 heteroatoms. The number of carbonyl (C=O) groups excluding carboxylic acids is 1. The monoisotopic (exact) mass is 290 g/mol. The average molecular weight is 290 g/mol. The predicted octanol–water partition coefficient (Wildman–Crippen LogP) is 1.07. The van der Waals surface area contributed by atoms with Crippen LogP contribution in [-0.4, -0.2) is 24.4 Å². The van der Waals surface area contributed by atoms with E-state index in [0.29, 0.717) is 10.9 Å². The lowest BCUT2D eigenvalue weighted by molar-refractivity contribution is 0.253. The zero-order valence-corrected chi connectivity index (χ0v) is 10.9. The van der Waals surface area contributed by atoms with E-state index in [9.17, 15) is 13.2 Å².